The van der Waals surface area contributed by atoms with Crippen LogP contribution in [0, 0.1) is 10.8 Å². The number of carbonyl (C=O) groups is 3. The van der Waals surface area contributed by atoms with E-state index < -0.39 is 11.3 Å². The first-order valence-corrected chi connectivity index (χ1v) is 9.94. The quantitative estimate of drug-likeness (QED) is 0.699. The third-order valence-corrected chi connectivity index (χ3v) is 6.33. The molecule has 2 atom stereocenters. The molecule has 1 aliphatic heterocycles. The minimum atomic E-state index is -1.25. The summed E-state index contributed by atoms with van der Waals surface area (Å²) in [5.74, 6) is -0.811. The first kappa shape index (κ1) is 21.7. The number of carbonyl (C=O) groups excluding carboxylic acids is 3. The van der Waals surface area contributed by atoms with Crippen LogP contribution in [0.2, 0.25) is 0 Å². The molecular formula is C20H36N4O3. The highest BCUT2D eigenvalue weighted by Gasteiger charge is 2.46. The second kappa shape index (κ2) is 7.78. The van der Waals surface area contributed by atoms with Crippen LogP contribution in [0.1, 0.15) is 59.8 Å². The van der Waals surface area contributed by atoms with Crippen LogP contribution in [0.25, 0.3) is 0 Å². The zero-order valence-corrected chi connectivity index (χ0v) is 17.7. The number of amides is 3. The first-order chi connectivity index (χ1) is 12.4. The normalized spacial score (nSPS) is 25.9. The van der Waals surface area contributed by atoms with Gasteiger partial charge in [-0.25, -0.2) is 0 Å². The third-order valence-electron chi connectivity index (χ3n) is 6.33. The van der Waals surface area contributed by atoms with Gasteiger partial charge in [-0.1, -0.05) is 13.8 Å². The van der Waals surface area contributed by atoms with Gasteiger partial charge in [-0.15, -0.1) is 0 Å². The predicted octanol–water partition coefficient (Wildman–Crippen LogP) is 1.11. The second-order valence-electron chi connectivity index (χ2n) is 9.68. The first-order valence-electron chi connectivity index (χ1n) is 9.94. The third kappa shape index (κ3) is 4.62. The molecule has 154 valence electrons. The molecule has 2 rings (SSSR count). The molecule has 1 saturated carbocycles. The Balaban J connectivity index is 2.24. The monoisotopic (exact) mass is 380 g/mol. The lowest BCUT2D eigenvalue weighted by Crippen LogP contribution is -2.56. The SMILES string of the molecule is CN(C)C(=O)[C@@H]1C[C@H](N(C(=O)C(C)(C)C(N)=O)C2CCC(C)(C)CC2)CN1. The molecule has 3 N–H and O–H groups in total. The summed E-state index contributed by atoms with van der Waals surface area (Å²) in [6.07, 6.45) is 4.47. The molecule has 27 heavy (non-hydrogen) atoms. The van der Waals surface area contributed by atoms with Gasteiger partial charge in [-0.05, 0) is 51.4 Å². The van der Waals surface area contributed by atoms with E-state index in [9.17, 15) is 14.4 Å². The van der Waals surface area contributed by atoms with Crippen LogP contribution in [0.5, 0.6) is 0 Å². The molecule has 7 nitrogen and oxygen atoms in total. The molecule has 1 saturated heterocycles. The Hall–Kier alpha value is -1.63. The number of likely N-dealkylation sites (N-methyl/N-ethyl adjacent to an activating group) is 1. The number of nitrogens with zero attached hydrogens (tertiary/aromatic N) is 2. The Bertz CT molecular complexity index is 590. The Morgan fingerprint density at radius 3 is 2.11 bits per heavy atom. The maximum Gasteiger partial charge on any atom is 0.239 e. The van der Waals surface area contributed by atoms with E-state index in [4.69, 9.17) is 5.73 Å². The van der Waals surface area contributed by atoms with Gasteiger partial charge in [0.05, 0.1) is 6.04 Å². The van der Waals surface area contributed by atoms with E-state index in [1.54, 1.807) is 32.8 Å². The van der Waals surface area contributed by atoms with E-state index in [0.717, 1.165) is 25.7 Å². The molecule has 1 aliphatic carbocycles. The van der Waals surface area contributed by atoms with E-state index in [0.29, 0.717) is 13.0 Å². The van der Waals surface area contributed by atoms with Crippen LogP contribution < -0.4 is 11.1 Å². The summed E-state index contributed by atoms with van der Waals surface area (Å²) in [5, 5.41) is 3.26. The number of nitrogens with two attached hydrogens (primary N) is 1. The lowest BCUT2D eigenvalue weighted by molar-refractivity contribution is -0.152. The van der Waals surface area contributed by atoms with E-state index in [1.165, 1.54) is 0 Å². The maximum absolute atomic E-state index is 13.4. The highest BCUT2D eigenvalue weighted by molar-refractivity contribution is 6.03. The van der Waals surface area contributed by atoms with Crippen LogP contribution in [-0.2, 0) is 14.4 Å². The van der Waals surface area contributed by atoms with Crippen LogP contribution in [0.3, 0.4) is 0 Å². The average Bonchev–Trinajstić information content (AvgIpc) is 3.04. The Morgan fingerprint density at radius 1 is 1.07 bits per heavy atom. The fourth-order valence-electron chi connectivity index (χ4n) is 4.15. The second-order valence-corrected chi connectivity index (χ2v) is 9.68. The van der Waals surface area contributed by atoms with Crippen molar-refractivity contribution in [1.82, 2.24) is 15.1 Å². The fourth-order valence-corrected chi connectivity index (χ4v) is 4.15. The molecular weight excluding hydrogens is 344 g/mol. The van der Waals surface area contributed by atoms with Crippen molar-refractivity contribution in [1.29, 1.82) is 0 Å². The van der Waals surface area contributed by atoms with Crippen molar-refractivity contribution in [2.45, 2.75) is 77.9 Å². The van der Waals surface area contributed by atoms with E-state index in [1.807, 2.05) is 4.90 Å². The Morgan fingerprint density at radius 2 is 1.63 bits per heavy atom. The van der Waals surface area contributed by atoms with Gasteiger partial charge in [0.2, 0.25) is 17.7 Å². The van der Waals surface area contributed by atoms with Gasteiger partial charge in [0.1, 0.15) is 5.41 Å². The standard InChI is InChI=1S/C20H36N4O3/c1-19(2)9-7-13(8-10-19)24(18(27)20(3,4)17(21)26)14-11-15(22-12-14)16(25)23(5)6/h13-15,22H,7-12H2,1-6H3,(H2,21,26)/t14-,15-/m0/s1. The highest BCUT2D eigenvalue weighted by Crippen LogP contribution is 2.39. The van der Waals surface area contributed by atoms with Crippen LogP contribution in [0.4, 0.5) is 0 Å². The smallest absolute Gasteiger partial charge is 0.239 e. The number of rotatable bonds is 5. The molecule has 0 aromatic heterocycles. The summed E-state index contributed by atoms with van der Waals surface area (Å²) in [4.78, 5) is 41.1. The van der Waals surface area contributed by atoms with Gasteiger partial charge in [0.15, 0.2) is 0 Å². The van der Waals surface area contributed by atoms with Crippen molar-refractivity contribution >= 4 is 17.7 Å². The molecule has 7 heteroatoms. The molecule has 0 aromatic rings. The van der Waals surface area contributed by atoms with Gasteiger partial charge < -0.3 is 20.9 Å². The highest BCUT2D eigenvalue weighted by atomic mass is 16.2. The molecule has 0 radical (unpaired) electrons. The molecule has 0 unspecified atom stereocenters. The summed E-state index contributed by atoms with van der Waals surface area (Å²) in [7, 11) is 3.47. The molecule has 2 aliphatic rings. The van der Waals surface area contributed by atoms with Crippen LogP contribution in [0.15, 0.2) is 0 Å². The van der Waals surface area contributed by atoms with E-state index in [2.05, 4.69) is 19.2 Å². The molecule has 1 heterocycles. The summed E-state index contributed by atoms with van der Waals surface area (Å²) in [5.41, 5.74) is 4.56. The minimum absolute atomic E-state index is 0.0174. The molecule has 0 aromatic carbocycles. The average molecular weight is 381 g/mol. The van der Waals surface area contributed by atoms with Gasteiger partial charge in [-0.2, -0.15) is 0 Å². The van der Waals surface area contributed by atoms with Crippen molar-refractivity contribution in [2.24, 2.45) is 16.6 Å². The fraction of sp³-hybridized carbons (Fsp3) is 0.850. The maximum atomic E-state index is 13.4. The molecule has 0 spiro atoms. The number of primary amides is 1. The lowest BCUT2D eigenvalue weighted by atomic mass is 9.74. The number of nitrogens with one attached hydrogen (secondary N) is 1. The summed E-state index contributed by atoms with van der Waals surface area (Å²) < 4.78 is 0. The largest absolute Gasteiger partial charge is 0.369 e. The summed E-state index contributed by atoms with van der Waals surface area (Å²) in [6.45, 7) is 8.27. The van der Waals surface area contributed by atoms with Gasteiger partial charge in [-0.3, -0.25) is 14.4 Å². The van der Waals surface area contributed by atoms with Gasteiger partial charge in [0, 0.05) is 32.7 Å². The molecule has 2 fully saturated rings. The molecule has 0 bridgehead atoms. The Kier molecular flexibility index (Phi) is 6.24. The molecule has 3 amide bonds. The van der Waals surface area contributed by atoms with Gasteiger partial charge >= 0.3 is 0 Å². The minimum Gasteiger partial charge on any atom is -0.369 e. The van der Waals surface area contributed by atoms with Crippen molar-refractivity contribution < 1.29 is 14.4 Å². The van der Waals surface area contributed by atoms with Gasteiger partial charge in [0.25, 0.3) is 0 Å². The van der Waals surface area contributed by atoms with Crippen LogP contribution >= 0.6 is 0 Å². The topological polar surface area (TPSA) is 95.7 Å². The zero-order valence-electron chi connectivity index (χ0n) is 17.7. The number of hydrogen-bond acceptors (Lipinski definition) is 4. The predicted molar refractivity (Wildman–Crippen MR) is 105 cm³/mol. The Labute approximate surface area is 163 Å². The lowest BCUT2D eigenvalue weighted by Gasteiger charge is -2.44. The van der Waals surface area contributed by atoms with Crippen molar-refractivity contribution in [3.05, 3.63) is 0 Å². The van der Waals surface area contributed by atoms with Crippen molar-refractivity contribution in [3.8, 4) is 0 Å². The van der Waals surface area contributed by atoms with Crippen LogP contribution in [-0.4, -0.2) is 66.3 Å². The van der Waals surface area contributed by atoms with E-state index >= 15 is 0 Å². The van der Waals surface area contributed by atoms with Crippen molar-refractivity contribution in [3.63, 3.8) is 0 Å². The summed E-state index contributed by atoms with van der Waals surface area (Å²) >= 11 is 0. The number of hydrogen-bond donors (Lipinski definition) is 2. The van der Waals surface area contributed by atoms with E-state index in [-0.39, 0.29) is 35.4 Å². The van der Waals surface area contributed by atoms with Crippen molar-refractivity contribution in [2.75, 3.05) is 20.6 Å². The summed E-state index contributed by atoms with van der Waals surface area (Å²) in [6, 6.07) is -0.308. The zero-order chi connectivity index (χ0) is 20.6.